The van der Waals surface area contributed by atoms with Gasteiger partial charge < -0.3 is 9.88 Å². The van der Waals surface area contributed by atoms with Gasteiger partial charge in [-0.2, -0.15) is 5.10 Å². The molecule has 0 saturated carbocycles. The highest BCUT2D eigenvalue weighted by Gasteiger charge is 2.19. The minimum atomic E-state index is -0.0854. The van der Waals surface area contributed by atoms with Crippen LogP contribution in [0, 0.1) is 13.8 Å². The normalized spacial score (nSPS) is 12.1. The Hall–Kier alpha value is -2.89. The molecule has 130 valence electrons. The fraction of sp³-hybridized carbons (Fsp3) is 0.316. The second kappa shape index (κ2) is 7.34. The highest BCUT2D eigenvalue weighted by atomic mass is 16.1. The van der Waals surface area contributed by atoms with E-state index >= 15 is 0 Å². The van der Waals surface area contributed by atoms with E-state index in [1.54, 1.807) is 11.0 Å². The molecule has 0 saturated heterocycles. The molecular formula is C19H23N5O. The number of benzene rings is 1. The van der Waals surface area contributed by atoms with Crippen LogP contribution in [-0.4, -0.2) is 25.2 Å². The Morgan fingerprint density at radius 1 is 1.24 bits per heavy atom. The van der Waals surface area contributed by atoms with Gasteiger partial charge in [0.25, 0.3) is 5.91 Å². The number of carbonyl (C=O) groups excluding carboxylic acids is 1. The number of hydrogen-bond acceptors (Lipinski definition) is 3. The van der Waals surface area contributed by atoms with Gasteiger partial charge in [0.15, 0.2) is 0 Å². The van der Waals surface area contributed by atoms with Gasteiger partial charge in [0, 0.05) is 25.0 Å². The van der Waals surface area contributed by atoms with Crippen molar-refractivity contribution in [1.29, 1.82) is 0 Å². The van der Waals surface area contributed by atoms with Gasteiger partial charge in [0.1, 0.15) is 12.7 Å². The van der Waals surface area contributed by atoms with Gasteiger partial charge in [-0.1, -0.05) is 30.3 Å². The molecule has 0 aliphatic heterocycles. The van der Waals surface area contributed by atoms with Crippen molar-refractivity contribution in [3.63, 3.8) is 0 Å². The summed E-state index contributed by atoms with van der Waals surface area (Å²) in [7, 11) is 1.97. The van der Waals surface area contributed by atoms with Crippen LogP contribution in [0.25, 0.3) is 0 Å². The maximum Gasteiger partial charge on any atom is 0.253 e. The third-order valence-corrected chi connectivity index (χ3v) is 4.64. The Morgan fingerprint density at radius 2 is 2.00 bits per heavy atom. The molecule has 0 aliphatic rings. The number of aromatic nitrogens is 4. The molecule has 0 radical (unpaired) electrons. The SMILES string of the molecule is Cc1cc(C(=O)N[C@@H](CCn2cncn2)c2ccccc2)c(C)n1C. The summed E-state index contributed by atoms with van der Waals surface area (Å²) in [6.45, 7) is 4.66. The van der Waals surface area contributed by atoms with E-state index in [-0.39, 0.29) is 11.9 Å². The number of amides is 1. The molecule has 6 nitrogen and oxygen atoms in total. The molecule has 1 atom stereocenters. The van der Waals surface area contributed by atoms with Gasteiger partial charge in [0.2, 0.25) is 0 Å². The molecule has 1 N–H and O–H groups in total. The summed E-state index contributed by atoms with van der Waals surface area (Å²) in [6.07, 6.45) is 3.95. The average molecular weight is 337 g/mol. The van der Waals surface area contributed by atoms with Crippen LogP contribution in [-0.2, 0) is 13.6 Å². The maximum atomic E-state index is 12.8. The lowest BCUT2D eigenvalue weighted by Gasteiger charge is -2.19. The molecule has 0 spiro atoms. The first-order valence-electron chi connectivity index (χ1n) is 8.37. The Labute approximate surface area is 147 Å². The highest BCUT2D eigenvalue weighted by molar-refractivity contribution is 5.96. The monoisotopic (exact) mass is 337 g/mol. The van der Waals surface area contributed by atoms with Gasteiger partial charge in [-0.05, 0) is 31.9 Å². The van der Waals surface area contributed by atoms with Crippen molar-refractivity contribution in [2.45, 2.75) is 32.9 Å². The summed E-state index contributed by atoms with van der Waals surface area (Å²) in [6, 6.07) is 11.9. The van der Waals surface area contributed by atoms with Crippen molar-refractivity contribution in [2.24, 2.45) is 7.05 Å². The van der Waals surface area contributed by atoms with E-state index in [4.69, 9.17) is 0 Å². The van der Waals surface area contributed by atoms with Crippen LogP contribution in [0.2, 0.25) is 0 Å². The third kappa shape index (κ3) is 3.79. The zero-order valence-electron chi connectivity index (χ0n) is 14.8. The molecular weight excluding hydrogens is 314 g/mol. The first kappa shape index (κ1) is 17.0. The maximum absolute atomic E-state index is 12.8. The van der Waals surface area contributed by atoms with Crippen LogP contribution in [0.4, 0.5) is 0 Å². The standard InChI is InChI=1S/C19H23N5O/c1-14-11-17(15(2)23(14)3)19(25)22-18(16-7-5-4-6-8-16)9-10-24-13-20-12-21-24/h4-8,11-13,18H,9-10H2,1-3H3,(H,22,25)/t18-/m0/s1. The zero-order valence-corrected chi connectivity index (χ0v) is 14.8. The molecule has 25 heavy (non-hydrogen) atoms. The summed E-state index contributed by atoms with van der Waals surface area (Å²) in [4.78, 5) is 16.8. The second-order valence-corrected chi connectivity index (χ2v) is 6.23. The number of carbonyl (C=O) groups is 1. The van der Waals surface area contributed by atoms with Gasteiger partial charge in [-0.3, -0.25) is 9.48 Å². The van der Waals surface area contributed by atoms with E-state index < -0.39 is 0 Å². The van der Waals surface area contributed by atoms with E-state index in [1.165, 1.54) is 6.33 Å². The van der Waals surface area contributed by atoms with E-state index in [0.717, 1.165) is 28.9 Å². The summed E-state index contributed by atoms with van der Waals surface area (Å²) in [5.74, 6) is -0.0476. The number of nitrogens with one attached hydrogen (secondary N) is 1. The first-order chi connectivity index (χ1) is 12.1. The van der Waals surface area contributed by atoms with Gasteiger partial charge in [-0.15, -0.1) is 0 Å². The molecule has 2 heterocycles. The lowest BCUT2D eigenvalue weighted by atomic mass is 10.0. The summed E-state index contributed by atoms with van der Waals surface area (Å²) < 4.78 is 3.81. The Balaban J connectivity index is 1.79. The van der Waals surface area contributed by atoms with Gasteiger partial charge in [-0.25, -0.2) is 4.98 Å². The Kier molecular flexibility index (Phi) is 4.97. The molecule has 1 amide bonds. The number of hydrogen-bond donors (Lipinski definition) is 1. The Bertz CT molecular complexity index is 836. The summed E-state index contributed by atoms with van der Waals surface area (Å²) in [5.41, 5.74) is 3.85. The van der Waals surface area contributed by atoms with Crippen LogP contribution in [0.1, 0.15) is 39.8 Å². The van der Waals surface area contributed by atoms with Crippen LogP contribution in [0.5, 0.6) is 0 Å². The van der Waals surface area contributed by atoms with Crippen molar-refractivity contribution in [1.82, 2.24) is 24.6 Å². The molecule has 0 aliphatic carbocycles. The molecule has 1 aromatic carbocycles. The van der Waals surface area contributed by atoms with Gasteiger partial charge in [0.05, 0.1) is 11.6 Å². The lowest BCUT2D eigenvalue weighted by molar-refractivity contribution is 0.0932. The van der Waals surface area contributed by atoms with Gasteiger partial charge >= 0.3 is 0 Å². The quantitative estimate of drug-likeness (QED) is 0.752. The molecule has 0 fully saturated rings. The van der Waals surface area contributed by atoms with Crippen LogP contribution < -0.4 is 5.32 Å². The molecule has 0 unspecified atom stereocenters. The van der Waals surface area contributed by atoms with Crippen molar-refractivity contribution >= 4 is 5.91 Å². The van der Waals surface area contributed by atoms with E-state index in [0.29, 0.717) is 6.54 Å². The van der Waals surface area contributed by atoms with Crippen molar-refractivity contribution < 1.29 is 4.79 Å². The predicted octanol–water partition coefficient (Wildman–Crippen LogP) is 2.79. The van der Waals surface area contributed by atoms with Crippen molar-refractivity contribution in [3.05, 3.63) is 71.6 Å². The Morgan fingerprint density at radius 3 is 2.60 bits per heavy atom. The largest absolute Gasteiger partial charge is 0.351 e. The van der Waals surface area contributed by atoms with E-state index in [1.807, 2.05) is 61.9 Å². The van der Waals surface area contributed by atoms with Crippen LogP contribution >= 0.6 is 0 Å². The minimum absolute atomic E-state index is 0.0476. The smallest absolute Gasteiger partial charge is 0.253 e. The van der Waals surface area contributed by atoms with Crippen molar-refractivity contribution in [3.8, 4) is 0 Å². The molecule has 6 heteroatoms. The lowest BCUT2D eigenvalue weighted by Crippen LogP contribution is -2.29. The number of nitrogens with zero attached hydrogens (tertiary/aromatic N) is 4. The zero-order chi connectivity index (χ0) is 17.8. The first-order valence-corrected chi connectivity index (χ1v) is 8.37. The fourth-order valence-electron chi connectivity index (χ4n) is 2.94. The third-order valence-electron chi connectivity index (χ3n) is 4.64. The second-order valence-electron chi connectivity index (χ2n) is 6.23. The molecule has 2 aromatic heterocycles. The number of aryl methyl sites for hydroxylation is 2. The summed E-state index contributed by atoms with van der Waals surface area (Å²) >= 11 is 0. The van der Waals surface area contributed by atoms with E-state index in [2.05, 4.69) is 15.4 Å². The number of rotatable bonds is 6. The molecule has 0 bridgehead atoms. The highest BCUT2D eigenvalue weighted by Crippen LogP contribution is 2.20. The average Bonchev–Trinajstić information content (AvgIpc) is 3.23. The van der Waals surface area contributed by atoms with Crippen LogP contribution in [0.15, 0.2) is 49.1 Å². The van der Waals surface area contributed by atoms with Crippen molar-refractivity contribution in [2.75, 3.05) is 0 Å². The predicted molar refractivity (Wildman–Crippen MR) is 96.2 cm³/mol. The topological polar surface area (TPSA) is 64.7 Å². The fourth-order valence-corrected chi connectivity index (χ4v) is 2.94. The van der Waals surface area contributed by atoms with E-state index in [9.17, 15) is 4.79 Å². The molecule has 3 rings (SSSR count). The van der Waals surface area contributed by atoms with Crippen LogP contribution in [0.3, 0.4) is 0 Å². The minimum Gasteiger partial charge on any atom is -0.351 e. The summed E-state index contributed by atoms with van der Waals surface area (Å²) in [5, 5.41) is 7.32. The molecule has 3 aromatic rings.